The first-order valence-corrected chi connectivity index (χ1v) is 9.65. The van der Waals surface area contributed by atoms with Gasteiger partial charge in [-0.05, 0) is 29.7 Å². The Hall–Kier alpha value is -2.13. The minimum atomic E-state index is 0. The van der Waals surface area contributed by atoms with Gasteiger partial charge in [-0.25, -0.2) is 0 Å². The second-order valence-corrected chi connectivity index (χ2v) is 6.59. The van der Waals surface area contributed by atoms with Crippen LogP contribution in [0.4, 0.5) is 5.69 Å². The van der Waals surface area contributed by atoms with Crippen molar-refractivity contribution in [1.29, 1.82) is 0 Å². The van der Waals surface area contributed by atoms with Crippen molar-refractivity contribution in [3.8, 4) is 0 Å². The van der Waals surface area contributed by atoms with E-state index in [1.54, 1.807) is 7.05 Å². The Morgan fingerprint density at radius 1 is 1.07 bits per heavy atom. The summed E-state index contributed by atoms with van der Waals surface area (Å²) in [5, 5.41) is 19.1. The van der Waals surface area contributed by atoms with E-state index in [-0.39, 0.29) is 42.4 Å². The highest BCUT2D eigenvalue weighted by molar-refractivity contribution is 14.0. The summed E-state index contributed by atoms with van der Waals surface area (Å²) in [6.07, 6.45) is 1.37. The highest BCUT2D eigenvalue weighted by Crippen LogP contribution is 2.13. The predicted octanol–water partition coefficient (Wildman–Crippen LogP) is 3.48. The molecule has 6 nitrogen and oxygen atoms in total. The number of carbonyl (C=O) groups excluding carboxylic acids is 1. The lowest BCUT2D eigenvalue weighted by atomic mass is 10.0. The summed E-state index contributed by atoms with van der Waals surface area (Å²) in [7, 11) is 1.72. The van der Waals surface area contributed by atoms with Crippen molar-refractivity contribution in [2.24, 2.45) is 4.99 Å². The van der Waals surface area contributed by atoms with Crippen LogP contribution in [-0.4, -0.2) is 37.2 Å². The number of nitrogens with one attached hydrogen (secondary N) is 3. The lowest BCUT2D eigenvalue weighted by Gasteiger charge is -2.18. The number of nitrogens with zero attached hydrogens (tertiary/aromatic N) is 1. The molecule has 7 heteroatoms. The number of aliphatic hydroxyl groups is 1. The van der Waals surface area contributed by atoms with Crippen molar-refractivity contribution < 1.29 is 9.90 Å². The van der Waals surface area contributed by atoms with Crippen LogP contribution in [0.2, 0.25) is 0 Å². The Kier molecular flexibility index (Phi) is 12.0. The van der Waals surface area contributed by atoms with E-state index in [0.29, 0.717) is 25.5 Å². The molecule has 0 heterocycles. The largest absolute Gasteiger partial charge is 0.396 e. The maximum atomic E-state index is 11.6. The minimum Gasteiger partial charge on any atom is -0.396 e. The van der Waals surface area contributed by atoms with E-state index < -0.39 is 0 Å². The molecule has 0 saturated carbocycles. The molecule has 0 bridgehead atoms. The van der Waals surface area contributed by atoms with E-state index in [2.05, 4.69) is 20.9 Å². The van der Waals surface area contributed by atoms with Crippen LogP contribution in [0.25, 0.3) is 0 Å². The molecular weight excluding hydrogens is 479 g/mol. The highest BCUT2D eigenvalue weighted by atomic mass is 127. The number of hydrogen-bond donors (Lipinski definition) is 4. The van der Waals surface area contributed by atoms with Crippen LogP contribution in [0.1, 0.15) is 36.8 Å². The van der Waals surface area contributed by atoms with Crippen molar-refractivity contribution in [2.45, 2.75) is 32.2 Å². The fourth-order valence-electron chi connectivity index (χ4n) is 2.80. The average molecular weight is 510 g/mol. The van der Waals surface area contributed by atoms with Crippen molar-refractivity contribution >= 4 is 41.5 Å². The molecule has 2 aromatic rings. The van der Waals surface area contributed by atoms with E-state index in [4.69, 9.17) is 0 Å². The van der Waals surface area contributed by atoms with Gasteiger partial charge in [0.15, 0.2) is 5.96 Å². The summed E-state index contributed by atoms with van der Waals surface area (Å²) in [4.78, 5) is 15.9. The van der Waals surface area contributed by atoms with Crippen LogP contribution < -0.4 is 16.0 Å². The first-order valence-electron chi connectivity index (χ1n) is 9.65. The number of halogens is 1. The molecule has 4 N–H and O–H groups in total. The number of carbonyl (C=O) groups is 1. The summed E-state index contributed by atoms with van der Waals surface area (Å²) in [6, 6.07) is 17.7. The van der Waals surface area contributed by atoms with E-state index in [0.717, 1.165) is 23.2 Å². The van der Waals surface area contributed by atoms with Crippen LogP contribution in [0.15, 0.2) is 59.6 Å². The van der Waals surface area contributed by atoms with Gasteiger partial charge < -0.3 is 21.1 Å². The number of rotatable bonds is 9. The van der Waals surface area contributed by atoms with Gasteiger partial charge in [0.25, 0.3) is 0 Å². The molecule has 0 aliphatic carbocycles. The molecule has 1 unspecified atom stereocenters. The van der Waals surface area contributed by atoms with E-state index in [1.807, 2.05) is 61.5 Å². The smallest absolute Gasteiger partial charge is 0.224 e. The number of aliphatic hydroxyl groups excluding tert-OH is 1. The Morgan fingerprint density at radius 3 is 2.34 bits per heavy atom. The lowest BCUT2D eigenvalue weighted by Crippen LogP contribution is -2.39. The summed E-state index contributed by atoms with van der Waals surface area (Å²) >= 11 is 0. The number of guanidine groups is 1. The molecule has 0 saturated heterocycles. The Morgan fingerprint density at radius 2 is 1.76 bits per heavy atom. The number of hydrogen-bond acceptors (Lipinski definition) is 3. The van der Waals surface area contributed by atoms with Crippen molar-refractivity contribution in [2.75, 3.05) is 25.5 Å². The van der Waals surface area contributed by atoms with Gasteiger partial charge in [0, 0.05) is 38.2 Å². The molecular formula is C22H31IN4O2. The Balaban J connectivity index is 0.00000420. The first-order chi connectivity index (χ1) is 13.7. The second kappa shape index (κ2) is 13.9. The average Bonchev–Trinajstić information content (AvgIpc) is 2.72. The molecule has 0 aliphatic heterocycles. The first kappa shape index (κ1) is 24.9. The summed E-state index contributed by atoms with van der Waals surface area (Å²) in [5.74, 6) is 0.718. The number of benzene rings is 2. The highest BCUT2D eigenvalue weighted by Gasteiger charge is 2.10. The van der Waals surface area contributed by atoms with Gasteiger partial charge in [-0.2, -0.15) is 0 Å². The standard InChI is InChI=1S/C22H30N4O2.HI/c1-3-7-21(28)26-20-12-10-17(11-13-20)14-24-22(23-2)25-15-19(16-27)18-8-5-4-6-9-18;/h4-6,8-13,19,27H,3,7,14-16H2,1-2H3,(H,26,28)(H2,23,24,25);1H. The minimum absolute atomic E-state index is 0. The molecule has 0 aliphatic rings. The van der Waals surface area contributed by atoms with Gasteiger partial charge in [-0.15, -0.1) is 24.0 Å². The molecule has 2 rings (SSSR count). The summed E-state index contributed by atoms with van der Waals surface area (Å²) in [5.41, 5.74) is 2.98. The zero-order valence-electron chi connectivity index (χ0n) is 17.0. The number of anilines is 1. The molecule has 29 heavy (non-hydrogen) atoms. The van der Waals surface area contributed by atoms with Crippen LogP contribution in [0.5, 0.6) is 0 Å². The molecule has 0 fully saturated rings. The topological polar surface area (TPSA) is 85.8 Å². The third-order valence-corrected chi connectivity index (χ3v) is 4.41. The van der Waals surface area contributed by atoms with E-state index in [9.17, 15) is 9.90 Å². The summed E-state index contributed by atoms with van der Waals surface area (Å²) in [6.45, 7) is 3.25. The fraction of sp³-hybridized carbons (Fsp3) is 0.364. The van der Waals surface area contributed by atoms with Gasteiger partial charge in [0.1, 0.15) is 0 Å². The van der Waals surface area contributed by atoms with Crippen molar-refractivity contribution in [3.05, 3.63) is 65.7 Å². The van der Waals surface area contributed by atoms with Gasteiger partial charge in [-0.3, -0.25) is 9.79 Å². The molecule has 1 atom stereocenters. The summed E-state index contributed by atoms with van der Waals surface area (Å²) < 4.78 is 0. The zero-order valence-corrected chi connectivity index (χ0v) is 19.4. The van der Waals surface area contributed by atoms with Crippen LogP contribution >= 0.6 is 24.0 Å². The Bertz CT molecular complexity index is 751. The normalized spacial score (nSPS) is 11.9. The van der Waals surface area contributed by atoms with Gasteiger partial charge >= 0.3 is 0 Å². The monoisotopic (exact) mass is 510 g/mol. The van der Waals surface area contributed by atoms with Gasteiger partial charge in [-0.1, -0.05) is 49.4 Å². The third kappa shape index (κ3) is 8.82. The second-order valence-electron chi connectivity index (χ2n) is 6.59. The van der Waals surface area contributed by atoms with E-state index >= 15 is 0 Å². The maximum Gasteiger partial charge on any atom is 0.224 e. The lowest BCUT2D eigenvalue weighted by molar-refractivity contribution is -0.116. The zero-order chi connectivity index (χ0) is 20.2. The van der Waals surface area contributed by atoms with Gasteiger partial charge in [0.05, 0.1) is 6.61 Å². The molecule has 2 aromatic carbocycles. The maximum absolute atomic E-state index is 11.6. The molecule has 0 spiro atoms. The third-order valence-electron chi connectivity index (χ3n) is 4.41. The van der Waals surface area contributed by atoms with Crippen molar-refractivity contribution in [3.63, 3.8) is 0 Å². The molecule has 0 radical (unpaired) electrons. The van der Waals surface area contributed by atoms with Crippen LogP contribution in [0, 0.1) is 0 Å². The van der Waals surface area contributed by atoms with E-state index in [1.165, 1.54) is 0 Å². The Labute approximate surface area is 190 Å². The SMILES string of the molecule is CCCC(=O)Nc1ccc(CNC(=NC)NCC(CO)c2ccccc2)cc1.I. The van der Waals surface area contributed by atoms with Crippen LogP contribution in [-0.2, 0) is 11.3 Å². The fourth-order valence-corrected chi connectivity index (χ4v) is 2.80. The molecule has 158 valence electrons. The van der Waals surface area contributed by atoms with Crippen molar-refractivity contribution in [1.82, 2.24) is 10.6 Å². The number of amides is 1. The molecule has 0 aromatic heterocycles. The van der Waals surface area contributed by atoms with Crippen LogP contribution in [0.3, 0.4) is 0 Å². The predicted molar refractivity (Wildman–Crippen MR) is 130 cm³/mol. The quantitative estimate of drug-likeness (QED) is 0.237. The molecule has 1 amide bonds. The number of aliphatic imine (C=N–C) groups is 1. The van der Waals surface area contributed by atoms with Gasteiger partial charge in [0.2, 0.25) is 5.91 Å².